The molecule has 25 heavy (non-hydrogen) atoms. The first-order chi connectivity index (χ1) is 12.1. The second-order valence-corrected chi connectivity index (χ2v) is 6.04. The van der Waals surface area contributed by atoms with Crippen LogP contribution in [0.4, 0.5) is 0 Å². The van der Waals surface area contributed by atoms with Gasteiger partial charge in [-0.05, 0) is 91.0 Å². The Balaban J connectivity index is 1.57. The molecular weight excluding hydrogens is 363 g/mol. The van der Waals surface area contributed by atoms with E-state index in [1.807, 2.05) is 0 Å². The number of benzene rings is 2. The fraction of sp³-hybridized carbons (Fsp3) is 0.263. The second kappa shape index (κ2) is 10.1. The molecule has 0 bridgehead atoms. The smallest absolute Gasteiger partial charge is 0.252 e. The van der Waals surface area contributed by atoms with Gasteiger partial charge in [0.05, 0.1) is 13.2 Å². The Morgan fingerprint density at radius 2 is 1.00 bits per heavy atom. The molecule has 0 N–H and O–H groups in total. The highest BCUT2D eigenvalue weighted by atomic mass is 35.5. The van der Waals surface area contributed by atoms with Crippen molar-refractivity contribution in [3.63, 3.8) is 0 Å². The summed E-state index contributed by atoms with van der Waals surface area (Å²) in [6.45, 7) is 1.20. The third-order valence-electron chi connectivity index (χ3n) is 3.49. The SMILES string of the molecule is O=C(Cl)c1ccc(OCCCCCOc2ccc(C(=O)Cl)cc2)cc1. The molecule has 0 aliphatic rings. The lowest BCUT2D eigenvalue weighted by atomic mass is 10.2. The van der Waals surface area contributed by atoms with Crippen LogP contribution in [0.25, 0.3) is 0 Å². The minimum Gasteiger partial charge on any atom is -0.494 e. The first-order valence-electron chi connectivity index (χ1n) is 7.91. The van der Waals surface area contributed by atoms with E-state index in [9.17, 15) is 9.59 Å². The predicted molar refractivity (Wildman–Crippen MR) is 98.1 cm³/mol. The van der Waals surface area contributed by atoms with Crippen molar-refractivity contribution in [1.29, 1.82) is 0 Å². The average molecular weight is 381 g/mol. The zero-order valence-corrected chi connectivity index (χ0v) is 15.1. The second-order valence-electron chi connectivity index (χ2n) is 5.35. The van der Waals surface area contributed by atoms with Gasteiger partial charge < -0.3 is 9.47 Å². The van der Waals surface area contributed by atoms with Gasteiger partial charge in [-0.2, -0.15) is 0 Å². The van der Waals surface area contributed by atoms with E-state index in [1.54, 1.807) is 48.5 Å². The lowest BCUT2D eigenvalue weighted by Crippen LogP contribution is -2.01. The summed E-state index contributed by atoms with van der Waals surface area (Å²) in [5.41, 5.74) is 0.907. The first-order valence-corrected chi connectivity index (χ1v) is 8.67. The third-order valence-corrected chi connectivity index (χ3v) is 3.93. The Kier molecular flexibility index (Phi) is 7.76. The average Bonchev–Trinajstić information content (AvgIpc) is 2.61. The topological polar surface area (TPSA) is 52.6 Å². The minimum absolute atomic E-state index is 0.453. The van der Waals surface area contributed by atoms with Crippen molar-refractivity contribution in [2.24, 2.45) is 0 Å². The zero-order valence-electron chi connectivity index (χ0n) is 13.5. The third kappa shape index (κ3) is 6.77. The van der Waals surface area contributed by atoms with Crippen LogP contribution in [0.5, 0.6) is 11.5 Å². The Hall–Kier alpha value is -2.04. The minimum atomic E-state index is -0.476. The van der Waals surface area contributed by atoms with Crippen molar-refractivity contribution < 1.29 is 19.1 Å². The molecule has 0 radical (unpaired) electrons. The van der Waals surface area contributed by atoms with Crippen LogP contribution in [-0.2, 0) is 0 Å². The van der Waals surface area contributed by atoms with Gasteiger partial charge in [-0.15, -0.1) is 0 Å². The van der Waals surface area contributed by atoms with Crippen molar-refractivity contribution in [2.45, 2.75) is 19.3 Å². The number of unbranched alkanes of at least 4 members (excludes halogenated alkanes) is 2. The molecule has 4 nitrogen and oxygen atoms in total. The highest BCUT2D eigenvalue weighted by molar-refractivity contribution is 6.68. The van der Waals surface area contributed by atoms with Crippen molar-refractivity contribution in [2.75, 3.05) is 13.2 Å². The number of carbonyl (C=O) groups excluding carboxylic acids is 2. The quantitative estimate of drug-likeness (QED) is 0.426. The fourth-order valence-corrected chi connectivity index (χ4v) is 2.38. The van der Waals surface area contributed by atoms with Crippen molar-refractivity contribution >= 4 is 33.7 Å². The molecule has 0 atom stereocenters. The summed E-state index contributed by atoms with van der Waals surface area (Å²) in [6, 6.07) is 13.5. The Morgan fingerprint density at radius 1 is 0.640 bits per heavy atom. The summed E-state index contributed by atoms with van der Waals surface area (Å²) in [5.74, 6) is 1.43. The highest BCUT2D eigenvalue weighted by Gasteiger charge is 2.02. The summed E-state index contributed by atoms with van der Waals surface area (Å²) < 4.78 is 11.2. The molecule has 0 saturated carbocycles. The zero-order chi connectivity index (χ0) is 18.1. The summed E-state index contributed by atoms with van der Waals surface area (Å²) >= 11 is 10.8. The summed E-state index contributed by atoms with van der Waals surface area (Å²) in [5, 5.41) is -0.953. The highest BCUT2D eigenvalue weighted by Crippen LogP contribution is 2.15. The number of ether oxygens (including phenoxy) is 2. The molecule has 2 aromatic carbocycles. The van der Waals surface area contributed by atoms with Gasteiger partial charge in [-0.25, -0.2) is 0 Å². The number of halogens is 2. The molecule has 0 heterocycles. The molecule has 6 heteroatoms. The van der Waals surface area contributed by atoms with Gasteiger partial charge in [0.1, 0.15) is 11.5 Å². The first kappa shape index (κ1) is 19.3. The number of hydrogen-bond acceptors (Lipinski definition) is 4. The van der Waals surface area contributed by atoms with Crippen LogP contribution in [0.2, 0.25) is 0 Å². The molecular formula is C19H18Cl2O4. The number of hydrogen-bond donors (Lipinski definition) is 0. The molecule has 0 saturated heterocycles. The van der Waals surface area contributed by atoms with E-state index in [4.69, 9.17) is 32.7 Å². The normalized spacial score (nSPS) is 10.3. The lowest BCUT2D eigenvalue weighted by molar-refractivity contribution is 0.107. The van der Waals surface area contributed by atoms with E-state index in [2.05, 4.69) is 0 Å². The Labute approximate surface area is 156 Å². The van der Waals surface area contributed by atoms with E-state index >= 15 is 0 Å². The fourth-order valence-electron chi connectivity index (χ4n) is 2.13. The largest absolute Gasteiger partial charge is 0.494 e. The van der Waals surface area contributed by atoms with Gasteiger partial charge in [0.2, 0.25) is 0 Å². The van der Waals surface area contributed by atoms with E-state index in [0.717, 1.165) is 19.3 Å². The predicted octanol–water partition coefficient (Wildman–Crippen LogP) is 5.07. The molecule has 132 valence electrons. The number of rotatable bonds is 10. The maximum Gasteiger partial charge on any atom is 0.252 e. The van der Waals surface area contributed by atoms with Crippen molar-refractivity contribution in [3.8, 4) is 11.5 Å². The standard InChI is InChI=1S/C19H18Cl2O4/c20-18(22)14-4-8-16(9-5-14)24-12-2-1-3-13-25-17-10-6-15(7-11-17)19(21)23/h4-11H,1-3,12-13H2. The van der Waals surface area contributed by atoms with Crippen molar-refractivity contribution in [1.82, 2.24) is 0 Å². The van der Waals surface area contributed by atoms with Gasteiger partial charge in [0, 0.05) is 11.1 Å². The monoisotopic (exact) mass is 380 g/mol. The molecule has 0 fully saturated rings. The van der Waals surface area contributed by atoms with Crippen LogP contribution >= 0.6 is 23.2 Å². The van der Waals surface area contributed by atoms with E-state index in [1.165, 1.54) is 0 Å². The molecule has 0 unspecified atom stereocenters. The van der Waals surface area contributed by atoms with E-state index in [0.29, 0.717) is 35.8 Å². The molecule has 0 aromatic heterocycles. The van der Waals surface area contributed by atoms with E-state index < -0.39 is 10.5 Å². The Morgan fingerprint density at radius 3 is 1.32 bits per heavy atom. The van der Waals surface area contributed by atoms with Gasteiger partial charge in [-0.1, -0.05) is 0 Å². The van der Waals surface area contributed by atoms with Gasteiger partial charge in [0.25, 0.3) is 10.5 Å². The van der Waals surface area contributed by atoms with Crippen LogP contribution in [0.3, 0.4) is 0 Å². The van der Waals surface area contributed by atoms with Crippen LogP contribution in [0.1, 0.15) is 40.0 Å². The molecule has 0 aliphatic heterocycles. The molecule has 0 aliphatic carbocycles. The maximum absolute atomic E-state index is 11.0. The van der Waals surface area contributed by atoms with Gasteiger partial charge in [0.15, 0.2) is 0 Å². The summed E-state index contributed by atoms with van der Waals surface area (Å²) in [7, 11) is 0. The lowest BCUT2D eigenvalue weighted by Gasteiger charge is -2.08. The summed E-state index contributed by atoms with van der Waals surface area (Å²) in [6.07, 6.45) is 2.77. The van der Waals surface area contributed by atoms with Crippen LogP contribution in [-0.4, -0.2) is 23.7 Å². The number of carbonyl (C=O) groups is 2. The van der Waals surface area contributed by atoms with Crippen LogP contribution in [0, 0.1) is 0 Å². The van der Waals surface area contributed by atoms with Gasteiger partial charge >= 0.3 is 0 Å². The molecule has 0 amide bonds. The maximum atomic E-state index is 11.0. The molecule has 2 rings (SSSR count). The summed E-state index contributed by atoms with van der Waals surface area (Å²) in [4.78, 5) is 21.9. The Bertz CT molecular complexity index is 635. The van der Waals surface area contributed by atoms with Crippen LogP contribution < -0.4 is 9.47 Å². The molecule has 0 spiro atoms. The van der Waals surface area contributed by atoms with Gasteiger partial charge in [-0.3, -0.25) is 9.59 Å². The van der Waals surface area contributed by atoms with Crippen molar-refractivity contribution in [3.05, 3.63) is 59.7 Å². The molecule has 2 aromatic rings. The van der Waals surface area contributed by atoms with E-state index in [-0.39, 0.29) is 0 Å². The van der Waals surface area contributed by atoms with Crippen LogP contribution in [0.15, 0.2) is 48.5 Å².